The third kappa shape index (κ3) is 1.92. The average molecular weight is 160 g/mol. The summed E-state index contributed by atoms with van der Waals surface area (Å²) in [6.45, 7) is 0. The van der Waals surface area contributed by atoms with E-state index in [0.29, 0.717) is 0 Å². The Morgan fingerprint density at radius 2 is 1.30 bits per heavy atom. The van der Waals surface area contributed by atoms with Crippen molar-refractivity contribution in [3.63, 3.8) is 0 Å². The molecule has 2 N–H and O–H groups in total. The minimum atomic E-state index is -4.67. The maximum Gasteiger partial charge on any atom is 0.436 e. The van der Waals surface area contributed by atoms with Gasteiger partial charge in [-0.1, -0.05) is 0 Å². The van der Waals surface area contributed by atoms with Crippen LogP contribution in [0.25, 0.3) is 0 Å². The number of hydrogen-bond acceptors (Lipinski definition) is 2. The highest BCUT2D eigenvalue weighted by molar-refractivity contribution is 5.99. The van der Waals surface area contributed by atoms with Gasteiger partial charge in [0.25, 0.3) is 0 Å². The van der Waals surface area contributed by atoms with Crippen molar-refractivity contribution in [2.75, 3.05) is 0 Å². The molecule has 0 saturated carbocycles. The van der Waals surface area contributed by atoms with Crippen LogP contribution in [0.4, 0.5) is 13.5 Å². The van der Waals surface area contributed by atoms with Gasteiger partial charge in [0.05, 0.1) is 0 Å². The van der Waals surface area contributed by atoms with Crippen LogP contribution in [-0.4, -0.2) is 28.1 Å². The quantitative estimate of drug-likeness (QED) is 0.555. The molecule has 0 aliphatic heterocycles. The van der Waals surface area contributed by atoms with E-state index in [4.69, 9.17) is 10.2 Å². The second kappa shape index (κ2) is 3.04. The Morgan fingerprint density at radius 1 is 1.10 bits per heavy atom. The number of hydrogen-bond donors (Lipinski definition) is 2. The minimum Gasteiger partial charge on any atom is -0.476 e. The van der Waals surface area contributed by atoms with Gasteiger partial charge in [-0.25, -0.2) is 9.59 Å². The number of alkyl halides is 2. The fourth-order valence-electron chi connectivity index (χ4n) is 0.0915. The lowest BCUT2D eigenvalue weighted by Crippen LogP contribution is -2.37. The second-order valence-corrected chi connectivity index (χ2v) is 1.18. The summed E-state index contributed by atoms with van der Waals surface area (Å²) in [5.74, 6) is -9.98. The van der Waals surface area contributed by atoms with E-state index in [1.807, 2.05) is 0 Å². The first-order valence-corrected chi connectivity index (χ1v) is 1.73. The summed E-state index contributed by atoms with van der Waals surface area (Å²) in [4.78, 5) is 18.7. The third-order valence-electron chi connectivity index (χ3n) is 0.537. The van der Waals surface area contributed by atoms with E-state index in [-0.39, 0.29) is 4.70 Å². The van der Waals surface area contributed by atoms with Crippen molar-refractivity contribution in [1.82, 2.24) is 0 Å². The van der Waals surface area contributed by atoms with Gasteiger partial charge in [-0.3, -0.25) is 4.70 Å². The summed E-state index contributed by atoms with van der Waals surface area (Å²) in [6, 6.07) is 0. The highest BCUT2D eigenvalue weighted by Crippen LogP contribution is 2.12. The van der Waals surface area contributed by atoms with E-state index in [1.54, 1.807) is 0 Å². The number of halogens is 3. The van der Waals surface area contributed by atoms with Gasteiger partial charge in [-0.2, -0.15) is 8.78 Å². The molecular formula is C3H3F3O4. The molecule has 0 heterocycles. The summed E-state index contributed by atoms with van der Waals surface area (Å²) >= 11 is 0. The normalized spacial score (nSPS) is 9.80. The highest BCUT2D eigenvalue weighted by Gasteiger charge is 2.47. The molecule has 0 unspecified atom stereocenters. The SMILES string of the molecule is F.O=C(O)C(F)(F)C(=O)O. The summed E-state index contributed by atoms with van der Waals surface area (Å²) in [7, 11) is 0. The lowest BCUT2D eigenvalue weighted by Gasteiger charge is -2.01. The van der Waals surface area contributed by atoms with E-state index < -0.39 is 17.9 Å². The Hall–Kier alpha value is -1.27. The van der Waals surface area contributed by atoms with Crippen molar-refractivity contribution in [2.24, 2.45) is 0 Å². The van der Waals surface area contributed by atoms with E-state index in [9.17, 15) is 18.4 Å². The zero-order valence-corrected chi connectivity index (χ0v) is 4.38. The van der Waals surface area contributed by atoms with Crippen LogP contribution in [0, 0.1) is 0 Å². The van der Waals surface area contributed by atoms with Gasteiger partial charge in [0, 0.05) is 0 Å². The maximum absolute atomic E-state index is 11.5. The molecule has 10 heavy (non-hydrogen) atoms. The number of aliphatic carboxylic acids is 2. The Labute approximate surface area is 52.4 Å². The van der Waals surface area contributed by atoms with E-state index in [2.05, 4.69) is 0 Å². The van der Waals surface area contributed by atoms with Gasteiger partial charge in [0.1, 0.15) is 0 Å². The zero-order valence-electron chi connectivity index (χ0n) is 4.38. The van der Waals surface area contributed by atoms with Crippen LogP contribution in [-0.2, 0) is 9.59 Å². The highest BCUT2D eigenvalue weighted by atomic mass is 19.3. The predicted molar refractivity (Wildman–Crippen MR) is 22.7 cm³/mol. The van der Waals surface area contributed by atoms with Crippen molar-refractivity contribution in [1.29, 1.82) is 0 Å². The smallest absolute Gasteiger partial charge is 0.436 e. The monoisotopic (exact) mass is 160 g/mol. The average Bonchev–Trinajstić information content (AvgIpc) is 1.65. The van der Waals surface area contributed by atoms with E-state index >= 15 is 0 Å². The molecular weight excluding hydrogens is 157 g/mol. The summed E-state index contributed by atoms with van der Waals surface area (Å²) in [5.41, 5.74) is 0. The van der Waals surface area contributed by atoms with E-state index in [1.165, 1.54) is 0 Å². The van der Waals surface area contributed by atoms with Crippen LogP contribution in [0.15, 0.2) is 0 Å². The molecule has 0 aromatic carbocycles. The lowest BCUT2D eigenvalue weighted by molar-refractivity contribution is -0.182. The fourth-order valence-corrected chi connectivity index (χ4v) is 0.0915. The largest absolute Gasteiger partial charge is 0.476 e. The van der Waals surface area contributed by atoms with Crippen LogP contribution in [0.2, 0.25) is 0 Å². The van der Waals surface area contributed by atoms with Crippen molar-refractivity contribution < 1.29 is 33.3 Å². The van der Waals surface area contributed by atoms with Crippen LogP contribution in [0.1, 0.15) is 0 Å². The molecule has 60 valence electrons. The van der Waals surface area contributed by atoms with E-state index in [0.717, 1.165) is 0 Å². The first kappa shape index (κ1) is 11.5. The molecule has 0 aliphatic carbocycles. The third-order valence-corrected chi connectivity index (χ3v) is 0.537. The van der Waals surface area contributed by atoms with Gasteiger partial charge < -0.3 is 10.2 Å². The minimum absolute atomic E-state index is 0. The van der Waals surface area contributed by atoms with Crippen LogP contribution in [0.3, 0.4) is 0 Å². The van der Waals surface area contributed by atoms with Gasteiger partial charge in [-0.15, -0.1) is 0 Å². The van der Waals surface area contributed by atoms with Crippen molar-refractivity contribution in [3.8, 4) is 0 Å². The summed E-state index contributed by atoms with van der Waals surface area (Å²) < 4.78 is 22.9. The Bertz CT molecular complexity index is 138. The van der Waals surface area contributed by atoms with Crippen molar-refractivity contribution >= 4 is 11.9 Å². The Balaban J connectivity index is 0. The number of carbonyl (C=O) groups is 2. The van der Waals surface area contributed by atoms with Crippen molar-refractivity contribution in [2.45, 2.75) is 5.92 Å². The molecule has 0 amide bonds. The molecule has 0 saturated heterocycles. The standard InChI is InChI=1S/C3H2F2O4.FH/c4-3(5,1(6)7)2(8)9;/h(H,6,7)(H,8,9);1H. The first-order chi connectivity index (χ1) is 3.89. The molecule has 0 rings (SSSR count). The van der Waals surface area contributed by atoms with Gasteiger partial charge in [0.15, 0.2) is 0 Å². The number of carboxylic acid groups (broad SMARTS) is 2. The maximum atomic E-state index is 11.5. The topological polar surface area (TPSA) is 74.6 Å². The van der Waals surface area contributed by atoms with Crippen molar-refractivity contribution in [3.05, 3.63) is 0 Å². The molecule has 0 aromatic rings. The van der Waals surface area contributed by atoms with Gasteiger partial charge in [-0.05, 0) is 0 Å². The molecule has 0 bridgehead atoms. The fraction of sp³-hybridized carbons (Fsp3) is 0.333. The Morgan fingerprint density at radius 3 is 1.30 bits per heavy atom. The summed E-state index contributed by atoms with van der Waals surface area (Å²) in [6.07, 6.45) is 0. The van der Waals surface area contributed by atoms with Crippen LogP contribution in [0.5, 0.6) is 0 Å². The number of rotatable bonds is 2. The summed E-state index contributed by atoms with van der Waals surface area (Å²) in [5, 5.41) is 15.0. The molecule has 0 spiro atoms. The second-order valence-electron chi connectivity index (χ2n) is 1.18. The molecule has 4 nitrogen and oxygen atoms in total. The first-order valence-electron chi connectivity index (χ1n) is 1.73. The number of carboxylic acids is 2. The zero-order chi connectivity index (χ0) is 7.65. The molecule has 0 fully saturated rings. The Kier molecular flexibility index (Phi) is 3.50. The molecule has 0 aliphatic rings. The van der Waals surface area contributed by atoms with Gasteiger partial charge >= 0.3 is 17.9 Å². The van der Waals surface area contributed by atoms with Crippen LogP contribution >= 0.6 is 0 Å². The van der Waals surface area contributed by atoms with Crippen LogP contribution < -0.4 is 0 Å². The predicted octanol–water partition coefficient (Wildman–Crippen LogP) is -0.0566. The molecule has 0 aromatic heterocycles. The molecule has 0 atom stereocenters. The molecule has 7 heteroatoms. The van der Waals surface area contributed by atoms with Gasteiger partial charge in [0.2, 0.25) is 0 Å². The lowest BCUT2D eigenvalue weighted by atomic mass is 10.3. The molecule has 0 radical (unpaired) electrons.